The summed E-state index contributed by atoms with van der Waals surface area (Å²) in [6.07, 6.45) is 1.08. The van der Waals surface area contributed by atoms with Crippen molar-refractivity contribution in [2.24, 2.45) is 0 Å². The Hall–Kier alpha value is -1.53. The van der Waals surface area contributed by atoms with Crippen LogP contribution in [-0.4, -0.2) is 24.7 Å². The molecule has 0 aliphatic carbocycles. The lowest BCUT2D eigenvalue weighted by Crippen LogP contribution is -2.52. The third-order valence-corrected chi connectivity index (χ3v) is 3.34. The first-order valence-corrected chi connectivity index (χ1v) is 6.56. The maximum absolute atomic E-state index is 9.40. The van der Waals surface area contributed by atoms with Crippen molar-refractivity contribution in [1.29, 1.82) is 5.26 Å². The minimum Gasteiger partial charge on any atom is -0.368 e. The molecule has 3 nitrogen and oxygen atoms in total. The molecule has 0 saturated carbocycles. The van der Waals surface area contributed by atoms with Crippen LogP contribution in [0.1, 0.15) is 26.3 Å². The van der Waals surface area contributed by atoms with Crippen LogP contribution in [0.5, 0.6) is 0 Å². The molecule has 0 fully saturated rings. The Labute approximate surface area is 109 Å². The van der Waals surface area contributed by atoms with Gasteiger partial charge in [-0.3, -0.25) is 5.32 Å². The highest BCUT2D eigenvalue weighted by atomic mass is 15.2. The average Bonchev–Trinajstić information content (AvgIpc) is 2.72. The smallest absolute Gasteiger partial charge is 0.121 e. The quantitative estimate of drug-likeness (QED) is 0.882. The van der Waals surface area contributed by atoms with Gasteiger partial charge >= 0.3 is 0 Å². The second-order valence-corrected chi connectivity index (χ2v) is 5.54. The number of para-hydroxylation sites is 1. The van der Waals surface area contributed by atoms with Crippen molar-refractivity contribution < 1.29 is 0 Å². The molecule has 1 atom stereocenters. The van der Waals surface area contributed by atoms with E-state index in [0.29, 0.717) is 6.04 Å². The highest BCUT2D eigenvalue weighted by molar-refractivity contribution is 5.58. The molecule has 3 heteroatoms. The second kappa shape index (κ2) is 4.99. The van der Waals surface area contributed by atoms with Crippen molar-refractivity contribution in [3.05, 3.63) is 29.8 Å². The first-order valence-electron chi connectivity index (χ1n) is 6.56. The molecule has 1 aromatic carbocycles. The van der Waals surface area contributed by atoms with Gasteiger partial charge in [0.15, 0.2) is 0 Å². The van der Waals surface area contributed by atoms with Crippen molar-refractivity contribution >= 4 is 5.69 Å². The number of nitrogens with one attached hydrogen (secondary N) is 1. The summed E-state index contributed by atoms with van der Waals surface area (Å²) < 4.78 is 0. The van der Waals surface area contributed by atoms with Crippen molar-refractivity contribution in [2.75, 3.05) is 18.0 Å². The summed E-state index contributed by atoms with van der Waals surface area (Å²) in [5.74, 6) is 0. The lowest BCUT2D eigenvalue weighted by molar-refractivity contribution is 0.405. The highest BCUT2D eigenvalue weighted by Crippen LogP contribution is 2.28. The molecule has 0 spiro atoms. The van der Waals surface area contributed by atoms with Crippen LogP contribution in [-0.2, 0) is 6.42 Å². The molecule has 2 rings (SSSR count). The molecule has 96 valence electrons. The minimum absolute atomic E-state index is 0.312. The third kappa shape index (κ3) is 2.65. The van der Waals surface area contributed by atoms with E-state index in [9.17, 15) is 5.26 Å². The molecule has 0 saturated heterocycles. The van der Waals surface area contributed by atoms with E-state index in [2.05, 4.69) is 54.4 Å². The molecule has 0 aromatic heterocycles. The molecular weight excluding hydrogens is 222 g/mol. The molecular formula is C15H21N3. The van der Waals surface area contributed by atoms with Crippen LogP contribution in [0.2, 0.25) is 0 Å². The number of rotatable bonds is 4. The topological polar surface area (TPSA) is 39.1 Å². The van der Waals surface area contributed by atoms with Crippen molar-refractivity contribution in [3.8, 4) is 6.07 Å². The van der Waals surface area contributed by atoms with Gasteiger partial charge in [-0.15, -0.1) is 0 Å². The number of anilines is 1. The Kier molecular flexibility index (Phi) is 3.58. The van der Waals surface area contributed by atoms with Crippen LogP contribution >= 0.6 is 0 Å². The molecule has 18 heavy (non-hydrogen) atoms. The number of hydrogen-bond acceptors (Lipinski definition) is 3. The van der Waals surface area contributed by atoms with Gasteiger partial charge in [-0.05, 0) is 38.8 Å². The van der Waals surface area contributed by atoms with Crippen molar-refractivity contribution in [2.45, 2.75) is 38.8 Å². The zero-order valence-corrected chi connectivity index (χ0v) is 11.4. The van der Waals surface area contributed by atoms with E-state index in [1.165, 1.54) is 11.3 Å². The van der Waals surface area contributed by atoms with Crippen LogP contribution in [0, 0.1) is 11.3 Å². The zero-order chi connectivity index (χ0) is 13.2. The molecule has 1 heterocycles. The first-order chi connectivity index (χ1) is 8.54. The number of nitriles is 1. The number of benzene rings is 1. The Morgan fingerprint density at radius 2 is 2.17 bits per heavy atom. The lowest BCUT2D eigenvalue weighted by Gasteiger charge is -2.32. The summed E-state index contributed by atoms with van der Waals surface area (Å²) in [5, 5.41) is 12.8. The fourth-order valence-electron chi connectivity index (χ4n) is 2.70. The summed E-state index contributed by atoms with van der Waals surface area (Å²) in [6, 6.07) is 11.2. The summed E-state index contributed by atoms with van der Waals surface area (Å²) in [7, 11) is 0. The van der Waals surface area contributed by atoms with Crippen LogP contribution in [0.15, 0.2) is 24.3 Å². The Bertz CT molecular complexity index is 461. The molecule has 1 aliphatic rings. The van der Waals surface area contributed by atoms with E-state index in [1.54, 1.807) is 0 Å². The largest absolute Gasteiger partial charge is 0.368 e. The maximum Gasteiger partial charge on any atom is 0.121 e. The summed E-state index contributed by atoms with van der Waals surface area (Å²) in [4.78, 5) is 2.31. The SMILES string of the molecule is CC(C)NC(C)(C#N)CN1CCc2ccccc21. The van der Waals surface area contributed by atoms with E-state index >= 15 is 0 Å². The second-order valence-electron chi connectivity index (χ2n) is 5.54. The average molecular weight is 243 g/mol. The summed E-state index contributed by atoms with van der Waals surface area (Å²) in [6.45, 7) is 7.88. The third-order valence-electron chi connectivity index (χ3n) is 3.34. The van der Waals surface area contributed by atoms with Gasteiger partial charge in [0.25, 0.3) is 0 Å². The highest BCUT2D eigenvalue weighted by Gasteiger charge is 2.30. The number of hydrogen-bond donors (Lipinski definition) is 1. The van der Waals surface area contributed by atoms with Gasteiger partial charge in [0.1, 0.15) is 5.54 Å². The van der Waals surface area contributed by atoms with Gasteiger partial charge in [0.2, 0.25) is 0 Å². The maximum atomic E-state index is 9.40. The molecule has 1 unspecified atom stereocenters. The van der Waals surface area contributed by atoms with Crippen molar-refractivity contribution in [1.82, 2.24) is 5.32 Å². The Morgan fingerprint density at radius 1 is 1.44 bits per heavy atom. The first kappa shape index (κ1) is 12.9. The van der Waals surface area contributed by atoms with Gasteiger partial charge in [-0.2, -0.15) is 5.26 Å². The van der Waals surface area contributed by atoms with E-state index in [4.69, 9.17) is 0 Å². The Balaban J connectivity index is 2.13. The normalized spacial score (nSPS) is 17.4. The standard InChI is InChI=1S/C15H21N3/c1-12(2)17-15(3,10-16)11-18-9-8-13-6-4-5-7-14(13)18/h4-7,12,17H,8-9,11H2,1-3H3. The lowest BCUT2D eigenvalue weighted by atomic mass is 10.0. The number of fused-ring (bicyclic) bond motifs is 1. The van der Waals surface area contributed by atoms with Crippen molar-refractivity contribution in [3.63, 3.8) is 0 Å². The fraction of sp³-hybridized carbons (Fsp3) is 0.533. The van der Waals surface area contributed by atoms with Gasteiger partial charge in [-0.25, -0.2) is 0 Å². The Morgan fingerprint density at radius 3 is 2.83 bits per heavy atom. The van der Waals surface area contributed by atoms with Gasteiger partial charge in [0.05, 0.1) is 6.07 Å². The monoisotopic (exact) mass is 243 g/mol. The molecule has 0 radical (unpaired) electrons. The molecule has 1 aliphatic heterocycles. The van der Waals surface area contributed by atoms with Gasteiger partial charge < -0.3 is 4.90 Å². The van der Waals surface area contributed by atoms with E-state index in [-0.39, 0.29) is 0 Å². The van der Waals surface area contributed by atoms with E-state index in [0.717, 1.165) is 19.5 Å². The van der Waals surface area contributed by atoms with Gasteiger partial charge in [-0.1, -0.05) is 18.2 Å². The fourth-order valence-corrected chi connectivity index (χ4v) is 2.70. The van der Waals surface area contributed by atoms with Gasteiger partial charge in [0, 0.05) is 24.8 Å². The predicted molar refractivity (Wildman–Crippen MR) is 74.6 cm³/mol. The van der Waals surface area contributed by atoms with Crippen LogP contribution in [0.3, 0.4) is 0 Å². The van der Waals surface area contributed by atoms with Crippen LogP contribution < -0.4 is 10.2 Å². The molecule has 0 amide bonds. The summed E-state index contributed by atoms with van der Waals surface area (Å²) >= 11 is 0. The van der Waals surface area contributed by atoms with E-state index < -0.39 is 5.54 Å². The predicted octanol–water partition coefficient (Wildman–Crippen LogP) is 2.33. The van der Waals surface area contributed by atoms with Crippen LogP contribution in [0.4, 0.5) is 5.69 Å². The van der Waals surface area contributed by atoms with E-state index in [1.807, 2.05) is 6.92 Å². The molecule has 0 bridgehead atoms. The molecule has 1 aromatic rings. The minimum atomic E-state index is -0.494. The molecule has 1 N–H and O–H groups in total. The van der Waals surface area contributed by atoms with Crippen LogP contribution in [0.25, 0.3) is 0 Å². The zero-order valence-electron chi connectivity index (χ0n) is 11.4. The summed E-state index contributed by atoms with van der Waals surface area (Å²) in [5.41, 5.74) is 2.18. The number of nitrogens with zero attached hydrogens (tertiary/aromatic N) is 2.